The molecular formula is C21H23Cl3N2O3. The van der Waals surface area contributed by atoms with Crippen LogP contribution in [0.1, 0.15) is 24.0 Å². The van der Waals surface area contributed by atoms with Crippen molar-refractivity contribution in [3.05, 3.63) is 69.7 Å². The Bertz CT molecular complexity index is 779. The molecule has 1 aliphatic heterocycles. The van der Waals surface area contributed by atoms with Gasteiger partial charge in [-0.15, -0.1) is 12.4 Å². The molecule has 0 bridgehead atoms. The highest BCUT2D eigenvalue weighted by Gasteiger charge is 2.25. The molecule has 8 heteroatoms. The van der Waals surface area contributed by atoms with Gasteiger partial charge in [-0.3, -0.25) is 9.69 Å². The van der Waals surface area contributed by atoms with Crippen molar-refractivity contribution in [1.82, 2.24) is 4.90 Å². The second kappa shape index (κ2) is 11.4. The Labute approximate surface area is 186 Å². The zero-order valence-electron chi connectivity index (χ0n) is 15.8. The van der Waals surface area contributed by atoms with Gasteiger partial charge in [0.25, 0.3) is 0 Å². The third-order valence-electron chi connectivity index (χ3n) is 4.74. The molecule has 5 nitrogen and oxygen atoms in total. The van der Waals surface area contributed by atoms with E-state index in [0.717, 1.165) is 30.5 Å². The molecule has 1 heterocycles. The standard InChI is InChI=1S/C21H22Cl2N2O3.ClH/c22-18-7-3-15(4-8-18)20(16-5-9-19(23)10-6-16)24-28-13-12-25-11-1-2-17(14-25)21(26)27;/h3-10,17H,1-2,11-14H2,(H,26,27);1H. The van der Waals surface area contributed by atoms with Crippen LogP contribution in [0.2, 0.25) is 10.0 Å². The predicted molar refractivity (Wildman–Crippen MR) is 119 cm³/mol. The van der Waals surface area contributed by atoms with Gasteiger partial charge in [0, 0.05) is 34.3 Å². The number of piperidine rings is 1. The monoisotopic (exact) mass is 456 g/mol. The lowest BCUT2D eigenvalue weighted by Crippen LogP contribution is -2.40. The van der Waals surface area contributed by atoms with Crippen LogP contribution in [0.5, 0.6) is 0 Å². The summed E-state index contributed by atoms with van der Waals surface area (Å²) in [6.45, 7) is 2.47. The fourth-order valence-electron chi connectivity index (χ4n) is 3.23. The highest BCUT2D eigenvalue weighted by Crippen LogP contribution is 2.18. The largest absolute Gasteiger partial charge is 0.481 e. The number of likely N-dealkylation sites (tertiary alicyclic amines) is 1. The van der Waals surface area contributed by atoms with Crippen LogP contribution in [0.25, 0.3) is 0 Å². The van der Waals surface area contributed by atoms with Crippen molar-refractivity contribution in [3.8, 4) is 0 Å². The van der Waals surface area contributed by atoms with Crippen LogP contribution >= 0.6 is 35.6 Å². The number of carbonyl (C=O) groups is 1. The van der Waals surface area contributed by atoms with Crippen LogP contribution in [0.4, 0.5) is 0 Å². The van der Waals surface area contributed by atoms with Crippen LogP contribution in [0.3, 0.4) is 0 Å². The maximum Gasteiger partial charge on any atom is 0.307 e. The van der Waals surface area contributed by atoms with E-state index < -0.39 is 5.97 Å². The summed E-state index contributed by atoms with van der Waals surface area (Å²) in [6, 6.07) is 14.8. The Morgan fingerprint density at radius 1 is 1.07 bits per heavy atom. The molecule has 29 heavy (non-hydrogen) atoms. The van der Waals surface area contributed by atoms with Gasteiger partial charge in [-0.1, -0.05) is 52.6 Å². The Balaban J connectivity index is 0.00000300. The second-order valence-electron chi connectivity index (χ2n) is 6.76. The van der Waals surface area contributed by atoms with E-state index in [1.807, 2.05) is 48.5 Å². The molecule has 0 radical (unpaired) electrons. The van der Waals surface area contributed by atoms with Crippen LogP contribution < -0.4 is 0 Å². The molecular weight excluding hydrogens is 435 g/mol. The molecule has 3 rings (SSSR count). The summed E-state index contributed by atoms with van der Waals surface area (Å²) in [7, 11) is 0. The van der Waals surface area contributed by atoms with E-state index in [4.69, 9.17) is 28.0 Å². The van der Waals surface area contributed by atoms with E-state index in [9.17, 15) is 9.90 Å². The lowest BCUT2D eigenvalue weighted by Gasteiger charge is -2.29. The fraction of sp³-hybridized carbons (Fsp3) is 0.333. The number of nitrogens with zero attached hydrogens (tertiary/aromatic N) is 2. The smallest absolute Gasteiger partial charge is 0.307 e. The van der Waals surface area contributed by atoms with Crippen LogP contribution in [0.15, 0.2) is 53.7 Å². The van der Waals surface area contributed by atoms with Gasteiger partial charge in [0.2, 0.25) is 0 Å². The molecule has 156 valence electrons. The second-order valence-corrected chi connectivity index (χ2v) is 7.64. The summed E-state index contributed by atoms with van der Waals surface area (Å²) in [5.74, 6) is -1.02. The van der Waals surface area contributed by atoms with Crippen LogP contribution in [0, 0.1) is 5.92 Å². The number of carboxylic acids is 1. The molecule has 1 aliphatic rings. The molecule has 1 fully saturated rings. The minimum absolute atomic E-state index is 0. The van der Waals surface area contributed by atoms with Crippen molar-refractivity contribution in [2.45, 2.75) is 12.8 Å². The van der Waals surface area contributed by atoms with Gasteiger partial charge in [0.1, 0.15) is 12.3 Å². The van der Waals surface area contributed by atoms with Gasteiger partial charge >= 0.3 is 5.97 Å². The van der Waals surface area contributed by atoms with Crippen molar-refractivity contribution in [2.24, 2.45) is 11.1 Å². The number of carboxylic acid groups (broad SMARTS) is 1. The maximum atomic E-state index is 11.2. The van der Waals surface area contributed by atoms with E-state index in [1.165, 1.54) is 0 Å². The lowest BCUT2D eigenvalue weighted by atomic mass is 9.98. The summed E-state index contributed by atoms with van der Waals surface area (Å²) in [6.07, 6.45) is 1.63. The molecule has 1 atom stereocenters. The predicted octanol–water partition coefficient (Wildman–Crippen LogP) is 4.98. The molecule has 1 saturated heterocycles. The van der Waals surface area contributed by atoms with E-state index in [1.54, 1.807) is 0 Å². The zero-order chi connectivity index (χ0) is 19.9. The number of rotatable bonds is 7. The topological polar surface area (TPSA) is 62.1 Å². The minimum Gasteiger partial charge on any atom is -0.481 e. The van der Waals surface area contributed by atoms with Crippen molar-refractivity contribution >= 4 is 47.3 Å². The van der Waals surface area contributed by atoms with Crippen molar-refractivity contribution < 1.29 is 14.7 Å². The first-order chi connectivity index (χ1) is 13.5. The molecule has 1 unspecified atom stereocenters. The highest BCUT2D eigenvalue weighted by atomic mass is 35.5. The van der Waals surface area contributed by atoms with Crippen LogP contribution in [-0.2, 0) is 9.63 Å². The normalized spacial score (nSPS) is 16.6. The third-order valence-corrected chi connectivity index (χ3v) is 5.25. The first kappa shape index (κ1) is 23.5. The van der Waals surface area contributed by atoms with E-state index in [-0.39, 0.29) is 18.3 Å². The summed E-state index contributed by atoms with van der Waals surface area (Å²) in [5.41, 5.74) is 2.46. The Morgan fingerprint density at radius 2 is 1.62 bits per heavy atom. The van der Waals surface area contributed by atoms with E-state index in [2.05, 4.69) is 10.1 Å². The van der Waals surface area contributed by atoms with Crippen molar-refractivity contribution in [1.29, 1.82) is 0 Å². The van der Waals surface area contributed by atoms with E-state index >= 15 is 0 Å². The van der Waals surface area contributed by atoms with Gasteiger partial charge in [-0.25, -0.2) is 0 Å². The number of halogens is 3. The number of aliphatic carboxylic acids is 1. The number of oxime groups is 1. The number of hydrogen-bond donors (Lipinski definition) is 1. The Hall–Kier alpha value is -1.79. The first-order valence-corrected chi connectivity index (χ1v) is 9.95. The molecule has 0 spiro atoms. The zero-order valence-corrected chi connectivity index (χ0v) is 18.1. The van der Waals surface area contributed by atoms with Crippen LogP contribution in [-0.4, -0.2) is 47.9 Å². The molecule has 2 aromatic carbocycles. The maximum absolute atomic E-state index is 11.2. The number of benzene rings is 2. The summed E-state index contributed by atoms with van der Waals surface area (Å²) in [5, 5.41) is 14.8. The highest BCUT2D eigenvalue weighted by molar-refractivity contribution is 6.31. The molecule has 0 amide bonds. The number of hydrogen-bond acceptors (Lipinski definition) is 4. The molecule has 2 aromatic rings. The molecule has 0 aliphatic carbocycles. The molecule has 1 N–H and O–H groups in total. The average Bonchev–Trinajstić information content (AvgIpc) is 2.70. The summed E-state index contributed by atoms with van der Waals surface area (Å²) >= 11 is 12.0. The van der Waals surface area contributed by atoms with Gasteiger partial charge in [0.15, 0.2) is 0 Å². The Morgan fingerprint density at radius 3 is 2.14 bits per heavy atom. The lowest BCUT2D eigenvalue weighted by molar-refractivity contribution is -0.143. The van der Waals surface area contributed by atoms with Crippen molar-refractivity contribution in [2.75, 3.05) is 26.2 Å². The van der Waals surface area contributed by atoms with Gasteiger partial charge in [-0.05, 0) is 43.7 Å². The SMILES string of the molecule is Cl.O=C(O)C1CCCN(CCON=C(c2ccc(Cl)cc2)c2ccc(Cl)cc2)C1. The Kier molecular flexibility index (Phi) is 9.24. The molecule has 0 saturated carbocycles. The average molecular weight is 458 g/mol. The van der Waals surface area contributed by atoms with Crippen molar-refractivity contribution in [3.63, 3.8) is 0 Å². The molecule has 0 aromatic heterocycles. The fourth-order valence-corrected chi connectivity index (χ4v) is 3.48. The summed E-state index contributed by atoms with van der Waals surface area (Å²) < 4.78 is 0. The van der Waals surface area contributed by atoms with Gasteiger partial charge in [-0.2, -0.15) is 0 Å². The minimum atomic E-state index is -0.726. The van der Waals surface area contributed by atoms with Gasteiger partial charge < -0.3 is 9.94 Å². The first-order valence-electron chi connectivity index (χ1n) is 9.20. The quantitative estimate of drug-likeness (QED) is 0.362. The van der Waals surface area contributed by atoms with Gasteiger partial charge in [0.05, 0.1) is 5.92 Å². The third kappa shape index (κ3) is 6.89. The van der Waals surface area contributed by atoms with E-state index in [0.29, 0.717) is 35.5 Å². The summed E-state index contributed by atoms with van der Waals surface area (Å²) in [4.78, 5) is 18.9.